The van der Waals surface area contributed by atoms with Crippen LogP contribution >= 0.6 is 0 Å². The highest BCUT2D eigenvalue weighted by atomic mass is 16.5. The zero-order valence-electron chi connectivity index (χ0n) is 11.4. The SMILES string of the molecule is COc1ccc(C)c([C@H](C)C(=O)N2CCCC2)c1. The number of rotatable bonds is 3. The lowest BCUT2D eigenvalue weighted by Gasteiger charge is -2.22. The highest BCUT2D eigenvalue weighted by Crippen LogP contribution is 2.27. The van der Waals surface area contributed by atoms with E-state index in [-0.39, 0.29) is 11.8 Å². The van der Waals surface area contributed by atoms with Gasteiger partial charge in [-0.05, 0) is 49.9 Å². The minimum Gasteiger partial charge on any atom is -0.497 e. The molecule has 98 valence electrons. The van der Waals surface area contributed by atoms with E-state index in [1.54, 1.807) is 7.11 Å². The number of hydrogen-bond donors (Lipinski definition) is 0. The Labute approximate surface area is 109 Å². The molecule has 1 atom stereocenters. The van der Waals surface area contributed by atoms with Gasteiger partial charge < -0.3 is 9.64 Å². The maximum absolute atomic E-state index is 12.4. The van der Waals surface area contributed by atoms with E-state index in [1.807, 2.05) is 36.9 Å². The molecule has 0 saturated carbocycles. The molecule has 3 heteroatoms. The van der Waals surface area contributed by atoms with Gasteiger partial charge in [0, 0.05) is 13.1 Å². The van der Waals surface area contributed by atoms with Crippen molar-refractivity contribution in [2.75, 3.05) is 20.2 Å². The van der Waals surface area contributed by atoms with Crippen LogP contribution in [0.1, 0.15) is 36.8 Å². The van der Waals surface area contributed by atoms with Crippen molar-refractivity contribution in [3.05, 3.63) is 29.3 Å². The van der Waals surface area contributed by atoms with Crippen LogP contribution in [0.2, 0.25) is 0 Å². The van der Waals surface area contributed by atoms with E-state index in [4.69, 9.17) is 4.74 Å². The first kappa shape index (κ1) is 12.9. The molecule has 1 amide bonds. The van der Waals surface area contributed by atoms with Crippen molar-refractivity contribution < 1.29 is 9.53 Å². The number of hydrogen-bond acceptors (Lipinski definition) is 2. The fourth-order valence-electron chi connectivity index (χ4n) is 2.56. The second kappa shape index (κ2) is 5.42. The molecule has 1 aliphatic rings. The van der Waals surface area contributed by atoms with Crippen LogP contribution in [0.5, 0.6) is 5.75 Å². The molecule has 1 aliphatic heterocycles. The normalized spacial score (nSPS) is 16.7. The highest BCUT2D eigenvalue weighted by Gasteiger charge is 2.25. The molecule has 1 heterocycles. The molecule has 0 N–H and O–H groups in total. The average molecular weight is 247 g/mol. The van der Waals surface area contributed by atoms with Gasteiger partial charge in [-0.2, -0.15) is 0 Å². The molecule has 0 aromatic heterocycles. The topological polar surface area (TPSA) is 29.5 Å². The largest absolute Gasteiger partial charge is 0.497 e. The molecule has 0 radical (unpaired) electrons. The second-order valence-electron chi connectivity index (χ2n) is 4.98. The number of carbonyl (C=O) groups excluding carboxylic acids is 1. The van der Waals surface area contributed by atoms with Crippen LogP contribution in [0.25, 0.3) is 0 Å². The number of likely N-dealkylation sites (tertiary alicyclic amines) is 1. The van der Waals surface area contributed by atoms with Crippen molar-refractivity contribution >= 4 is 5.91 Å². The van der Waals surface area contributed by atoms with Gasteiger partial charge in [-0.3, -0.25) is 4.79 Å². The Hall–Kier alpha value is -1.51. The van der Waals surface area contributed by atoms with Gasteiger partial charge in [0.25, 0.3) is 0 Å². The first-order valence-electron chi connectivity index (χ1n) is 6.57. The molecule has 0 aliphatic carbocycles. The highest BCUT2D eigenvalue weighted by molar-refractivity contribution is 5.84. The van der Waals surface area contributed by atoms with E-state index in [2.05, 4.69) is 0 Å². The van der Waals surface area contributed by atoms with Crippen LogP contribution in [0.3, 0.4) is 0 Å². The molecule has 1 aromatic rings. The molecule has 2 rings (SSSR count). The summed E-state index contributed by atoms with van der Waals surface area (Å²) in [5.74, 6) is 0.971. The summed E-state index contributed by atoms with van der Waals surface area (Å²) >= 11 is 0. The number of ether oxygens (including phenoxy) is 1. The summed E-state index contributed by atoms with van der Waals surface area (Å²) < 4.78 is 5.24. The third kappa shape index (κ3) is 2.50. The van der Waals surface area contributed by atoms with Crippen molar-refractivity contribution in [2.45, 2.75) is 32.6 Å². The second-order valence-corrected chi connectivity index (χ2v) is 4.98. The number of nitrogens with zero attached hydrogens (tertiary/aromatic N) is 1. The summed E-state index contributed by atoms with van der Waals surface area (Å²) in [7, 11) is 1.65. The number of carbonyl (C=O) groups is 1. The lowest BCUT2D eigenvalue weighted by Crippen LogP contribution is -2.31. The van der Waals surface area contributed by atoms with Gasteiger partial charge in [-0.15, -0.1) is 0 Å². The van der Waals surface area contributed by atoms with Crippen LogP contribution in [-0.2, 0) is 4.79 Å². The molecule has 3 nitrogen and oxygen atoms in total. The average Bonchev–Trinajstić information content (AvgIpc) is 2.91. The van der Waals surface area contributed by atoms with Crippen molar-refractivity contribution in [3.8, 4) is 5.75 Å². The maximum Gasteiger partial charge on any atom is 0.229 e. The van der Waals surface area contributed by atoms with Crippen molar-refractivity contribution in [1.29, 1.82) is 0 Å². The van der Waals surface area contributed by atoms with Gasteiger partial charge in [0.15, 0.2) is 0 Å². The monoisotopic (exact) mass is 247 g/mol. The summed E-state index contributed by atoms with van der Waals surface area (Å²) in [6, 6.07) is 5.93. The standard InChI is InChI=1S/C15H21NO2/c1-11-6-7-13(18-3)10-14(11)12(2)15(17)16-8-4-5-9-16/h6-7,10,12H,4-5,8-9H2,1-3H3/t12-/m0/s1. The zero-order valence-corrected chi connectivity index (χ0v) is 11.4. The number of aryl methyl sites for hydroxylation is 1. The van der Waals surface area contributed by atoms with E-state index < -0.39 is 0 Å². The molecular weight excluding hydrogens is 226 g/mol. The minimum absolute atomic E-state index is 0.0850. The summed E-state index contributed by atoms with van der Waals surface area (Å²) in [6.07, 6.45) is 2.27. The van der Waals surface area contributed by atoms with Crippen LogP contribution < -0.4 is 4.74 Å². The third-order valence-electron chi connectivity index (χ3n) is 3.74. The van der Waals surface area contributed by atoms with Crippen LogP contribution in [-0.4, -0.2) is 31.0 Å². The van der Waals surface area contributed by atoms with Gasteiger partial charge in [0.2, 0.25) is 5.91 Å². The number of methoxy groups -OCH3 is 1. The van der Waals surface area contributed by atoms with Crippen LogP contribution in [0.15, 0.2) is 18.2 Å². The summed E-state index contributed by atoms with van der Waals surface area (Å²) in [5, 5.41) is 0. The fourth-order valence-corrected chi connectivity index (χ4v) is 2.56. The summed E-state index contributed by atoms with van der Waals surface area (Å²) in [4.78, 5) is 14.4. The summed E-state index contributed by atoms with van der Waals surface area (Å²) in [5.41, 5.74) is 2.22. The quantitative estimate of drug-likeness (QED) is 0.822. The Bertz CT molecular complexity index is 436. The van der Waals surface area contributed by atoms with E-state index in [1.165, 1.54) is 0 Å². The minimum atomic E-state index is -0.0850. The van der Waals surface area contributed by atoms with Crippen molar-refractivity contribution in [2.24, 2.45) is 0 Å². The van der Waals surface area contributed by atoms with Gasteiger partial charge in [0.1, 0.15) is 5.75 Å². The first-order valence-corrected chi connectivity index (χ1v) is 6.57. The third-order valence-corrected chi connectivity index (χ3v) is 3.74. The van der Waals surface area contributed by atoms with Crippen LogP contribution in [0.4, 0.5) is 0 Å². The van der Waals surface area contributed by atoms with Crippen LogP contribution in [0, 0.1) is 6.92 Å². The Balaban J connectivity index is 2.21. The molecule has 18 heavy (non-hydrogen) atoms. The van der Waals surface area contributed by atoms with Crippen molar-refractivity contribution in [3.63, 3.8) is 0 Å². The molecule has 1 aromatic carbocycles. The van der Waals surface area contributed by atoms with Gasteiger partial charge in [-0.25, -0.2) is 0 Å². The Morgan fingerprint density at radius 2 is 2.00 bits per heavy atom. The van der Waals surface area contributed by atoms with Gasteiger partial charge in [0.05, 0.1) is 13.0 Å². The van der Waals surface area contributed by atoms with Gasteiger partial charge >= 0.3 is 0 Å². The molecule has 0 spiro atoms. The lowest BCUT2D eigenvalue weighted by molar-refractivity contribution is -0.131. The number of benzene rings is 1. The summed E-state index contributed by atoms with van der Waals surface area (Å²) in [6.45, 7) is 5.85. The van der Waals surface area contributed by atoms with E-state index in [0.717, 1.165) is 42.8 Å². The zero-order chi connectivity index (χ0) is 13.1. The smallest absolute Gasteiger partial charge is 0.229 e. The molecular formula is C15H21NO2. The first-order chi connectivity index (χ1) is 8.63. The van der Waals surface area contributed by atoms with Gasteiger partial charge in [-0.1, -0.05) is 6.07 Å². The number of amides is 1. The maximum atomic E-state index is 12.4. The van der Waals surface area contributed by atoms with Crippen molar-refractivity contribution in [1.82, 2.24) is 4.90 Å². The predicted molar refractivity (Wildman–Crippen MR) is 72.0 cm³/mol. The molecule has 1 saturated heterocycles. The molecule has 0 bridgehead atoms. The lowest BCUT2D eigenvalue weighted by atomic mass is 9.95. The van der Waals surface area contributed by atoms with E-state index >= 15 is 0 Å². The molecule has 0 unspecified atom stereocenters. The Morgan fingerprint density at radius 3 is 2.61 bits per heavy atom. The predicted octanol–water partition coefficient (Wildman–Crippen LogP) is 2.73. The van der Waals surface area contributed by atoms with E-state index in [0.29, 0.717) is 0 Å². The van der Waals surface area contributed by atoms with E-state index in [9.17, 15) is 4.79 Å². The Kier molecular flexibility index (Phi) is 3.90. The fraction of sp³-hybridized carbons (Fsp3) is 0.533. The Morgan fingerprint density at radius 1 is 1.33 bits per heavy atom. The molecule has 1 fully saturated rings.